The second kappa shape index (κ2) is 11.2. The summed E-state index contributed by atoms with van der Waals surface area (Å²) in [7, 11) is 0. The van der Waals surface area contributed by atoms with E-state index >= 15 is 0 Å². The van der Waals surface area contributed by atoms with Gasteiger partial charge in [-0.2, -0.15) is 0 Å². The monoisotopic (exact) mass is 508 g/mol. The molecule has 8 nitrogen and oxygen atoms in total. The molecule has 2 N–H and O–H groups in total. The quantitative estimate of drug-likeness (QED) is 0.371. The van der Waals surface area contributed by atoms with Crippen LogP contribution in [0.15, 0.2) is 72.9 Å². The fraction of sp³-hybridized carbons (Fsp3) is 0.300. The Morgan fingerprint density at radius 3 is 2.76 bits per heavy atom. The molecule has 1 fully saturated rings. The minimum absolute atomic E-state index is 0.286. The number of morpholine rings is 1. The highest BCUT2D eigenvalue weighted by atomic mass is 16.5. The van der Waals surface area contributed by atoms with E-state index in [0.29, 0.717) is 18.2 Å². The normalized spacial score (nSPS) is 17.1. The molecule has 1 atom stereocenters. The van der Waals surface area contributed by atoms with Crippen molar-refractivity contribution in [3.63, 3.8) is 0 Å². The summed E-state index contributed by atoms with van der Waals surface area (Å²) in [6.07, 6.45) is 2.70. The van der Waals surface area contributed by atoms with Crippen LogP contribution < -0.4 is 20.3 Å². The van der Waals surface area contributed by atoms with E-state index in [1.165, 1.54) is 5.56 Å². The molecule has 2 aromatic heterocycles. The molecule has 38 heavy (non-hydrogen) atoms. The third-order valence-corrected chi connectivity index (χ3v) is 6.97. The Bertz CT molecular complexity index is 1380. The molecule has 0 saturated carbocycles. The number of benzene rings is 2. The molecule has 2 aliphatic rings. The van der Waals surface area contributed by atoms with Crippen LogP contribution in [0, 0.1) is 0 Å². The zero-order chi connectivity index (χ0) is 25.7. The third-order valence-electron chi connectivity index (χ3n) is 6.97. The lowest BCUT2D eigenvalue weighted by atomic mass is 10.0. The Morgan fingerprint density at radius 2 is 1.92 bits per heavy atom. The molecule has 0 amide bonds. The van der Waals surface area contributed by atoms with Gasteiger partial charge in [0.25, 0.3) is 0 Å². The van der Waals surface area contributed by atoms with Crippen molar-refractivity contribution in [1.29, 1.82) is 0 Å². The fourth-order valence-electron chi connectivity index (χ4n) is 4.92. The number of hydrogen-bond donors (Lipinski definition) is 2. The van der Waals surface area contributed by atoms with Gasteiger partial charge in [-0.25, -0.2) is 15.0 Å². The molecule has 2 aliphatic heterocycles. The lowest BCUT2D eigenvalue weighted by Gasteiger charge is -2.36. The number of ether oxygens (including phenoxy) is 2. The first-order chi connectivity index (χ1) is 18.7. The van der Waals surface area contributed by atoms with E-state index < -0.39 is 0 Å². The van der Waals surface area contributed by atoms with Crippen molar-refractivity contribution in [2.24, 2.45) is 0 Å². The number of anilines is 3. The third kappa shape index (κ3) is 5.32. The van der Waals surface area contributed by atoms with E-state index in [9.17, 15) is 0 Å². The largest absolute Gasteiger partial charge is 0.485 e. The van der Waals surface area contributed by atoms with E-state index in [4.69, 9.17) is 19.4 Å². The molecule has 0 aliphatic carbocycles. The van der Waals surface area contributed by atoms with Crippen LogP contribution in [0.2, 0.25) is 0 Å². The van der Waals surface area contributed by atoms with Crippen LogP contribution in [0.25, 0.3) is 11.4 Å². The first kappa shape index (κ1) is 24.3. The average molecular weight is 509 g/mol. The molecular weight excluding hydrogens is 476 g/mol. The molecule has 0 radical (unpaired) electrons. The molecular formula is C30H32N6O2. The maximum Gasteiger partial charge on any atom is 0.173 e. The number of pyridine rings is 1. The molecule has 1 saturated heterocycles. The highest BCUT2D eigenvalue weighted by Crippen LogP contribution is 2.31. The SMILES string of the molecule is CC1COCCN1c1nc(-c2ccc(Nc3ncccc3OCc3ccccc3)cc2)nc2c1CCNC2. The Hall–Kier alpha value is -4.01. The van der Waals surface area contributed by atoms with Gasteiger partial charge in [0.2, 0.25) is 0 Å². The maximum atomic E-state index is 6.06. The van der Waals surface area contributed by atoms with Crippen molar-refractivity contribution in [1.82, 2.24) is 20.3 Å². The van der Waals surface area contributed by atoms with Crippen LogP contribution in [-0.2, 0) is 24.3 Å². The number of nitrogens with one attached hydrogen (secondary N) is 2. The Kier molecular flexibility index (Phi) is 7.15. The Balaban J connectivity index is 1.23. The predicted molar refractivity (Wildman–Crippen MR) is 149 cm³/mol. The summed E-state index contributed by atoms with van der Waals surface area (Å²) in [4.78, 5) is 16.9. The number of nitrogens with zero attached hydrogens (tertiary/aromatic N) is 4. The molecule has 0 spiro atoms. The minimum atomic E-state index is 0.286. The number of fused-ring (bicyclic) bond motifs is 1. The Morgan fingerprint density at radius 1 is 1.05 bits per heavy atom. The van der Waals surface area contributed by atoms with Gasteiger partial charge in [0.1, 0.15) is 12.4 Å². The van der Waals surface area contributed by atoms with Crippen LogP contribution >= 0.6 is 0 Å². The lowest BCUT2D eigenvalue weighted by Crippen LogP contribution is -2.45. The average Bonchev–Trinajstić information content (AvgIpc) is 2.97. The first-order valence-electron chi connectivity index (χ1n) is 13.2. The number of hydrogen-bond acceptors (Lipinski definition) is 8. The molecule has 0 bridgehead atoms. The van der Waals surface area contributed by atoms with Crippen LogP contribution in [-0.4, -0.2) is 47.3 Å². The molecule has 194 valence electrons. The first-order valence-corrected chi connectivity index (χ1v) is 13.2. The van der Waals surface area contributed by atoms with E-state index in [0.717, 1.165) is 73.4 Å². The molecule has 2 aromatic carbocycles. The standard InChI is InChI=1S/C30H32N6O2/c1-21-19-37-17-16-36(21)30-25-13-15-31-18-26(25)34-28(35-30)23-9-11-24(12-10-23)33-29-27(8-5-14-32-29)38-20-22-6-3-2-4-7-22/h2-12,14,21,31H,13,15-20H2,1H3,(H,32,33). The number of rotatable bonds is 7. The van der Waals surface area contributed by atoms with E-state index in [1.54, 1.807) is 6.20 Å². The van der Waals surface area contributed by atoms with Gasteiger partial charge in [-0.05, 0) is 61.9 Å². The van der Waals surface area contributed by atoms with Gasteiger partial charge in [0.05, 0.1) is 24.9 Å². The summed E-state index contributed by atoms with van der Waals surface area (Å²) >= 11 is 0. The highest BCUT2D eigenvalue weighted by Gasteiger charge is 2.27. The molecule has 8 heteroatoms. The van der Waals surface area contributed by atoms with Gasteiger partial charge < -0.3 is 25.0 Å². The van der Waals surface area contributed by atoms with E-state index in [2.05, 4.69) is 39.6 Å². The van der Waals surface area contributed by atoms with Crippen LogP contribution in [0.4, 0.5) is 17.3 Å². The second-order valence-corrected chi connectivity index (χ2v) is 9.67. The van der Waals surface area contributed by atoms with Gasteiger partial charge in [0.15, 0.2) is 17.4 Å². The van der Waals surface area contributed by atoms with Crippen molar-refractivity contribution in [2.45, 2.75) is 32.5 Å². The van der Waals surface area contributed by atoms with Gasteiger partial charge in [-0.1, -0.05) is 30.3 Å². The zero-order valence-corrected chi connectivity index (χ0v) is 21.6. The van der Waals surface area contributed by atoms with Crippen molar-refractivity contribution in [2.75, 3.05) is 36.5 Å². The Labute approximate surface area is 223 Å². The van der Waals surface area contributed by atoms with Gasteiger partial charge in [-0.3, -0.25) is 0 Å². The fourth-order valence-corrected chi connectivity index (χ4v) is 4.92. The molecule has 4 heterocycles. The lowest BCUT2D eigenvalue weighted by molar-refractivity contribution is 0.0984. The molecule has 4 aromatic rings. The topological polar surface area (TPSA) is 84.4 Å². The summed E-state index contributed by atoms with van der Waals surface area (Å²) in [5.41, 5.74) is 5.35. The molecule has 6 rings (SSSR count). The van der Waals surface area contributed by atoms with Gasteiger partial charge in [-0.15, -0.1) is 0 Å². The maximum absolute atomic E-state index is 6.06. The van der Waals surface area contributed by atoms with Crippen LogP contribution in [0.3, 0.4) is 0 Å². The summed E-state index contributed by atoms with van der Waals surface area (Å²) < 4.78 is 11.7. The van der Waals surface area contributed by atoms with Gasteiger partial charge in [0, 0.05) is 36.1 Å². The minimum Gasteiger partial charge on any atom is -0.485 e. The molecule has 1 unspecified atom stereocenters. The number of aromatic nitrogens is 3. The van der Waals surface area contributed by atoms with E-state index in [1.807, 2.05) is 54.6 Å². The summed E-state index contributed by atoms with van der Waals surface area (Å²) in [6, 6.07) is 22.4. The van der Waals surface area contributed by atoms with Crippen molar-refractivity contribution in [3.05, 3.63) is 89.7 Å². The highest BCUT2D eigenvalue weighted by molar-refractivity contribution is 5.67. The van der Waals surface area contributed by atoms with E-state index in [-0.39, 0.29) is 6.04 Å². The van der Waals surface area contributed by atoms with Crippen molar-refractivity contribution in [3.8, 4) is 17.1 Å². The second-order valence-electron chi connectivity index (χ2n) is 9.67. The zero-order valence-electron chi connectivity index (χ0n) is 21.6. The van der Waals surface area contributed by atoms with Crippen LogP contribution in [0.1, 0.15) is 23.7 Å². The van der Waals surface area contributed by atoms with Crippen molar-refractivity contribution < 1.29 is 9.47 Å². The predicted octanol–water partition coefficient (Wildman–Crippen LogP) is 4.73. The summed E-state index contributed by atoms with van der Waals surface area (Å²) in [5.74, 6) is 3.18. The van der Waals surface area contributed by atoms with Crippen molar-refractivity contribution >= 4 is 17.3 Å². The smallest absolute Gasteiger partial charge is 0.173 e. The summed E-state index contributed by atoms with van der Waals surface area (Å²) in [6.45, 7) is 6.69. The van der Waals surface area contributed by atoms with Crippen LogP contribution in [0.5, 0.6) is 5.75 Å². The summed E-state index contributed by atoms with van der Waals surface area (Å²) in [5, 5.41) is 6.86. The van der Waals surface area contributed by atoms with Gasteiger partial charge >= 0.3 is 0 Å².